The Hall–Kier alpha value is -2.04. The van der Waals surface area contributed by atoms with Crippen LogP contribution in [-0.4, -0.2) is 29.3 Å². The Morgan fingerprint density at radius 1 is 1.00 bits per heavy atom. The van der Waals surface area contributed by atoms with Crippen LogP contribution in [0.3, 0.4) is 0 Å². The van der Waals surface area contributed by atoms with Crippen LogP contribution in [-0.2, 0) is 28.0 Å². The van der Waals surface area contributed by atoms with Crippen molar-refractivity contribution in [1.82, 2.24) is 10.2 Å². The molecule has 2 rings (SSSR count). The molecule has 0 unspecified atom stereocenters. The van der Waals surface area contributed by atoms with Crippen molar-refractivity contribution in [1.29, 1.82) is 0 Å². The van der Waals surface area contributed by atoms with Crippen LogP contribution in [0.4, 0.5) is 0 Å². The monoisotopic (exact) mass is 504 g/mol. The number of benzene rings is 2. The fourth-order valence-electron chi connectivity index (χ4n) is 3.85. The Bertz CT molecular complexity index is 932. The smallest absolute Gasteiger partial charge is 0.242 e. The third-order valence-corrected chi connectivity index (χ3v) is 6.76. The molecule has 34 heavy (non-hydrogen) atoms. The summed E-state index contributed by atoms with van der Waals surface area (Å²) in [5, 5.41) is 3.96. The molecule has 0 aromatic heterocycles. The topological polar surface area (TPSA) is 49.4 Å². The van der Waals surface area contributed by atoms with Crippen molar-refractivity contribution in [3.8, 4) is 0 Å². The van der Waals surface area contributed by atoms with Crippen molar-refractivity contribution in [3.05, 3.63) is 69.2 Å². The number of nitrogens with zero attached hydrogens (tertiary/aromatic N) is 1. The van der Waals surface area contributed by atoms with E-state index < -0.39 is 6.04 Å². The van der Waals surface area contributed by atoms with Gasteiger partial charge in [-0.15, -0.1) is 0 Å². The van der Waals surface area contributed by atoms with Crippen molar-refractivity contribution >= 4 is 35.0 Å². The normalized spacial score (nSPS) is 12.3. The molecule has 2 aromatic rings. The van der Waals surface area contributed by atoms with Gasteiger partial charge in [-0.25, -0.2) is 0 Å². The Labute approximate surface area is 215 Å². The maximum absolute atomic E-state index is 13.5. The van der Waals surface area contributed by atoms with Gasteiger partial charge in [0.1, 0.15) is 6.04 Å². The summed E-state index contributed by atoms with van der Waals surface area (Å²) in [6.07, 6.45) is 3.30. The molecule has 0 heterocycles. The summed E-state index contributed by atoms with van der Waals surface area (Å²) in [7, 11) is 0. The fourth-order valence-corrected chi connectivity index (χ4v) is 4.36. The van der Waals surface area contributed by atoms with E-state index in [1.54, 1.807) is 23.1 Å². The Kier molecular flexibility index (Phi) is 10.9. The van der Waals surface area contributed by atoms with Crippen LogP contribution in [0.1, 0.15) is 77.0 Å². The van der Waals surface area contributed by atoms with Crippen LogP contribution in [0.2, 0.25) is 10.0 Å². The standard InChI is InChI=1S/C28H38Cl2N2O2/c1-6-8-18-31-27(34)25(7-2)32(19-22-23(29)10-9-11-24(22)30)26(33)17-14-20-12-15-21(16-13-20)28(3,4)5/h9-13,15-16,25H,6-8,14,17-19H2,1-5H3,(H,31,34)/t25-/m0/s1. The van der Waals surface area contributed by atoms with E-state index in [1.807, 2.05) is 6.92 Å². The van der Waals surface area contributed by atoms with Gasteiger partial charge in [0.15, 0.2) is 0 Å². The first-order valence-corrected chi connectivity index (χ1v) is 12.9. The van der Waals surface area contributed by atoms with Crippen LogP contribution in [0, 0.1) is 0 Å². The van der Waals surface area contributed by atoms with E-state index in [0.717, 1.165) is 18.4 Å². The van der Waals surface area contributed by atoms with Gasteiger partial charge in [-0.2, -0.15) is 0 Å². The van der Waals surface area contributed by atoms with Gasteiger partial charge >= 0.3 is 0 Å². The Morgan fingerprint density at radius 3 is 2.15 bits per heavy atom. The molecule has 2 amide bonds. The minimum absolute atomic E-state index is 0.0822. The van der Waals surface area contributed by atoms with E-state index in [0.29, 0.717) is 41.4 Å². The van der Waals surface area contributed by atoms with E-state index in [9.17, 15) is 9.59 Å². The number of unbranched alkanes of at least 4 members (excludes halogenated alkanes) is 1. The molecule has 0 radical (unpaired) electrons. The zero-order valence-corrected chi connectivity index (χ0v) is 22.6. The van der Waals surface area contributed by atoms with Crippen LogP contribution in [0.25, 0.3) is 0 Å². The molecule has 4 nitrogen and oxygen atoms in total. The zero-order valence-electron chi connectivity index (χ0n) is 21.1. The number of hydrogen-bond donors (Lipinski definition) is 1. The molecule has 2 aromatic carbocycles. The van der Waals surface area contributed by atoms with E-state index >= 15 is 0 Å². The third kappa shape index (κ3) is 8.02. The molecule has 6 heteroatoms. The summed E-state index contributed by atoms with van der Waals surface area (Å²) in [6.45, 7) is 11.3. The number of amides is 2. The number of aryl methyl sites for hydroxylation is 1. The second kappa shape index (κ2) is 13.2. The average Bonchev–Trinajstić information content (AvgIpc) is 2.79. The predicted octanol–water partition coefficient (Wildman–Crippen LogP) is 6.95. The highest BCUT2D eigenvalue weighted by Gasteiger charge is 2.29. The SMILES string of the molecule is CCCCNC(=O)[C@H](CC)N(Cc1c(Cl)cccc1Cl)C(=O)CCc1ccc(C(C)(C)C)cc1. The molecule has 0 saturated carbocycles. The highest BCUT2D eigenvalue weighted by Crippen LogP contribution is 2.28. The van der Waals surface area contributed by atoms with Crippen LogP contribution < -0.4 is 5.32 Å². The average molecular weight is 506 g/mol. The van der Waals surface area contributed by atoms with E-state index in [2.05, 4.69) is 57.3 Å². The zero-order chi connectivity index (χ0) is 25.3. The lowest BCUT2D eigenvalue weighted by molar-refractivity contribution is -0.141. The molecule has 1 N–H and O–H groups in total. The summed E-state index contributed by atoms with van der Waals surface area (Å²) in [5.74, 6) is -0.226. The third-order valence-electron chi connectivity index (χ3n) is 6.05. The molecule has 0 bridgehead atoms. The Morgan fingerprint density at radius 2 is 1.62 bits per heavy atom. The summed E-state index contributed by atoms with van der Waals surface area (Å²) in [6, 6.07) is 13.1. The maximum atomic E-state index is 13.5. The molecule has 1 atom stereocenters. The number of nitrogens with one attached hydrogen (secondary N) is 1. The van der Waals surface area contributed by atoms with Crippen LogP contribution in [0.15, 0.2) is 42.5 Å². The Balaban J connectivity index is 2.23. The number of hydrogen-bond acceptors (Lipinski definition) is 2. The molecule has 0 fully saturated rings. The van der Waals surface area contributed by atoms with Crippen molar-refractivity contribution in [3.63, 3.8) is 0 Å². The quantitative estimate of drug-likeness (QED) is 0.336. The van der Waals surface area contributed by atoms with Gasteiger partial charge < -0.3 is 10.2 Å². The van der Waals surface area contributed by atoms with Crippen molar-refractivity contribution < 1.29 is 9.59 Å². The molecule has 0 saturated heterocycles. The molecular weight excluding hydrogens is 467 g/mol. The van der Waals surface area contributed by atoms with E-state index in [-0.39, 0.29) is 23.8 Å². The first-order chi connectivity index (χ1) is 16.1. The molecule has 0 aliphatic rings. The van der Waals surface area contributed by atoms with Crippen LogP contribution >= 0.6 is 23.2 Å². The van der Waals surface area contributed by atoms with Gasteiger partial charge in [-0.05, 0) is 47.9 Å². The predicted molar refractivity (Wildman–Crippen MR) is 142 cm³/mol. The number of carbonyl (C=O) groups excluding carboxylic acids is 2. The lowest BCUT2D eigenvalue weighted by Crippen LogP contribution is -2.49. The van der Waals surface area contributed by atoms with Gasteiger partial charge in [0.25, 0.3) is 0 Å². The summed E-state index contributed by atoms with van der Waals surface area (Å²) in [5.41, 5.74) is 3.09. The number of halogens is 2. The molecule has 0 spiro atoms. The van der Waals surface area contributed by atoms with E-state index in [4.69, 9.17) is 23.2 Å². The molecular formula is C28H38Cl2N2O2. The minimum Gasteiger partial charge on any atom is -0.354 e. The molecule has 0 aliphatic heterocycles. The van der Waals surface area contributed by atoms with Crippen molar-refractivity contribution in [2.45, 2.75) is 84.7 Å². The molecule has 186 valence electrons. The lowest BCUT2D eigenvalue weighted by Gasteiger charge is -2.31. The van der Waals surface area contributed by atoms with Gasteiger partial charge in [-0.3, -0.25) is 9.59 Å². The maximum Gasteiger partial charge on any atom is 0.242 e. The fraction of sp³-hybridized carbons (Fsp3) is 0.500. The largest absolute Gasteiger partial charge is 0.354 e. The van der Waals surface area contributed by atoms with Gasteiger partial charge in [0.2, 0.25) is 11.8 Å². The van der Waals surface area contributed by atoms with E-state index in [1.165, 1.54) is 5.56 Å². The molecule has 0 aliphatic carbocycles. The summed E-state index contributed by atoms with van der Waals surface area (Å²) in [4.78, 5) is 28.1. The van der Waals surface area contributed by atoms with Crippen LogP contribution in [0.5, 0.6) is 0 Å². The lowest BCUT2D eigenvalue weighted by atomic mass is 9.86. The van der Waals surface area contributed by atoms with Gasteiger partial charge in [-0.1, -0.05) is 94.6 Å². The summed E-state index contributed by atoms with van der Waals surface area (Å²) >= 11 is 12.8. The van der Waals surface area contributed by atoms with Crippen molar-refractivity contribution in [2.75, 3.05) is 6.54 Å². The van der Waals surface area contributed by atoms with Gasteiger partial charge in [0.05, 0.1) is 0 Å². The number of carbonyl (C=O) groups is 2. The second-order valence-electron chi connectivity index (χ2n) is 9.74. The second-order valence-corrected chi connectivity index (χ2v) is 10.6. The highest BCUT2D eigenvalue weighted by atomic mass is 35.5. The van der Waals surface area contributed by atoms with Gasteiger partial charge in [0, 0.05) is 35.1 Å². The summed E-state index contributed by atoms with van der Waals surface area (Å²) < 4.78 is 0. The first-order valence-electron chi connectivity index (χ1n) is 12.2. The number of rotatable bonds is 11. The van der Waals surface area contributed by atoms with Crippen molar-refractivity contribution in [2.24, 2.45) is 0 Å². The first kappa shape index (κ1) is 28.2. The minimum atomic E-state index is -0.583. The highest BCUT2D eigenvalue weighted by molar-refractivity contribution is 6.36.